The number of rotatable bonds is 4. The van der Waals surface area contributed by atoms with Crippen LogP contribution in [0.15, 0.2) is 34.8 Å². The van der Waals surface area contributed by atoms with Gasteiger partial charge in [-0.2, -0.15) is 0 Å². The van der Waals surface area contributed by atoms with Gasteiger partial charge in [0.05, 0.1) is 6.04 Å². The number of hydrogen-bond acceptors (Lipinski definition) is 2. The van der Waals surface area contributed by atoms with Crippen LogP contribution in [0.4, 0.5) is 0 Å². The Kier molecular flexibility index (Phi) is 5.10. The normalized spacial score (nSPS) is 12.7. The molecule has 1 atom stereocenters. The molecule has 0 saturated heterocycles. The van der Waals surface area contributed by atoms with Gasteiger partial charge in [0, 0.05) is 14.4 Å². The Morgan fingerprint density at radius 2 is 2.11 bits per heavy atom. The fraction of sp³-hybridized carbons (Fsp3) is 0.231. The van der Waals surface area contributed by atoms with Crippen molar-refractivity contribution in [3.63, 3.8) is 0 Å². The summed E-state index contributed by atoms with van der Waals surface area (Å²) in [6.45, 7) is 2.96. The van der Waals surface area contributed by atoms with Crippen LogP contribution in [0, 0.1) is 0 Å². The predicted octanol–water partition coefficient (Wildman–Crippen LogP) is 5.52. The molecule has 0 saturated carbocycles. The number of halogens is 3. The predicted molar refractivity (Wildman–Crippen MR) is 84.0 cm³/mol. The highest BCUT2D eigenvalue weighted by Crippen LogP contribution is 2.37. The maximum Gasteiger partial charge on any atom is 0.107 e. The fourth-order valence-corrected chi connectivity index (χ4v) is 3.82. The van der Waals surface area contributed by atoms with Crippen molar-refractivity contribution in [1.29, 1.82) is 0 Å². The third kappa shape index (κ3) is 3.28. The largest absolute Gasteiger partial charge is 0.306 e. The van der Waals surface area contributed by atoms with Crippen molar-refractivity contribution in [3.8, 4) is 0 Å². The van der Waals surface area contributed by atoms with Crippen molar-refractivity contribution >= 4 is 50.5 Å². The molecule has 0 spiro atoms. The van der Waals surface area contributed by atoms with Gasteiger partial charge >= 0.3 is 0 Å². The molecule has 1 unspecified atom stereocenters. The Bertz CT molecular complexity index is 522. The Morgan fingerprint density at radius 1 is 1.33 bits per heavy atom. The third-order valence-electron chi connectivity index (χ3n) is 2.54. The third-order valence-corrected chi connectivity index (χ3v) is 5.31. The number of benzene rings is 1. The van der Waals surface area contributed by atoms with E-state index in [1.807, 2.05) is 18.2 Å². The molecule has 0 fully saturated rings. The van der Waals surface area contributed by atoms with Gasteiger partial charge in [-0.3, -0.25) is 0 Å². The minimum Gasteiger partial charge on any atom is -0.306 e. The van der Waals surface area contributed by atoms with Gasteiger partial charge in [-0.05, 0) is 46.2 Å². The zero-order valence-electron chi connectivity index (χ0n) is 9.71. The quantitative estimate of drug-likeness (QED) is 0.753. The molecule has 0 amide bonds. The van der Waals surface area contributed by atoms with Crippen LogP contribution in [0.5, 0.6) is 0 Å². The Morgan fingerprint density at radius 3 is 2.67 bits per heavy atom. The van der Waals surface area contributed by atoms with Gasteiger partial charge in [-0.15, -0.1) is 11.3 Å². The molecule has 0 aliphatic rings. The van der Waals surface area contributed by atoms with Gasteiger partial charge in [0.25, 0.3) is 0 Å². The van der Waals surface area contributed by atoms with E-state index in [1.165, 1.54) is 4.88 Å². The summed E-state index contributed by atoms with van der Waals surface area (Å²) in [5.74, 6) is 0. The lowest BCUT2D eigenvalue weighted by atomic mass is 10.1. The molecule has 0 bridgehead atoms. The first kappa shape index (κ1) is 14.4. The summed E-state index contributed by atoms with van der Waals surface area (Å²) in [5, 5.41) is 4.20. The summed E-state index contributed by atoms with van der Waals surface area (Å²) in [6.07, 6.45) is 0. The second-order valence-corrected chi connectivity index (χ2v) is 6.79. The lowest BCUT2D eigenvalue weighted by Gasteiger charge is -2.17. The van der Waals surface area contributed by atoms with Crippen LogP contribution in [-0.2, 0) is 0 Å². The van der Waals surface area contributed by atoms with E-state index in [1.54, 1.807) is 11.3 Å². The van der Waals surface area contributed by atoms with E-state index < -0.39 is 0 Å². The summed E-state index contributed by atoms with van der Waals surface area (Å²) in [6, 6.07) is 10.1. The van der Waals surface area contributed by atoms with Crippen LogP contribution in [0.1, 0.15) is 23.4 Å². The molecule has 0 radical (unpaired) electrons. The molecule has 1 aromatic heterocycles. The lowest BCUT2D eigenvalue weighted by Crippen LogP contribution is -2.20. The van der Waals surface area contributed by atoms with E-state index in [-0.39, 0.29) is 6.04 Å². The first-order valence-electron chi connectivity index (χ1n) is 5.55. The average molecular weight is 365 g/mol. The highest BCUT2D eigenvalue weighted by atomic mass is 79.9. The topological polar surface area (TPSA) is 12.0 Å². The van der Waals surface area contributed by atoms with Crippen LogP contribution >= 0.6 is 50.5 Å². The van der Waals surface area contributed by atoms with Crippen LogP contribution in [0.2, 0.25) is 9.36 Å². The van der Waals surface area contributed by atoms with Gasteiger partial charge in [0.15, 0.2) is 0 Å². The number of hydrogen-bond donors (Lipinski definition) is 1. The van der Waals surface area contributed by atoms with Crippen molar-refractivity contribution < 1.29 is 0 Å². The smallest absolute Gasteiger partial charge is 0.107 e. The monoisotopic (exact) mass is 363 g/mol. The van der Waals surface area contributed by atoms with E-state index in [4.69, 9.17) is 23.2 Å². The maximum absolute atomic E-state index is 6.11. The minimum absolute atomic E-state index is 0.127. The lowest BCUT2D eigenvalue weighted by molar-refractivity contribution is 0.639. The van der Waals surface area contributed by atoms with E-state index in [0.717, 1.165) is 25.9 Å². The second-order valence-electron chi connectivity index (χ2n) is 3.82. The maximum atomic E-state index is 6.11. The van der Waals surface area contributed by atoms with E-state index >= 15 is 0 Å². The molecule has 18 heavy (non-hydrogen) atoms. The second kappa shape index (κ2) is 6.40. The fourth-order valence-electron chi connectivity index (χ4n) is 1.78. The summed E-state index contributed by atoms with van der Waals surface area (Å²) < 4.78 is 1.71. The zero-order chi connectivity index (χ0) is 13.1. The Labute approximate surface area is 129 Å². The Balaban J connectivity index is 2.39. The molecule has 2 rings (SSSR count). The molecule has 0 aliphatic carbocycles. The highest BCUT2D eigenvalue weighted by Gasteiger charge is 2.17. The zero-order valence-corrected chi connectivity index (χ0v) is 13.6. The van der Waals surface area contributed by atoms with Crippen LogP contribution in [-0.4, -0.2) is 6.54 Å². The molecule has 2 aromatic rings. The van der Waals surface area contributed by atoms with Gasteiger partial charge in [0.1, 0.15) is 4.34 Å². The molecule has 1 aromatic carbocycles. The molecule has 1 heterocycles. The summed E-state index contributed by atoms with van der Waals surface area (Å²) in [5.41, 5.74) is 1.15. The number of nitrogens with one attached hydrogen (secondary N) is 1. The van der Waals surface area contributed by atoms with Crippen LogP contribution < -0.4 is 5.32 Å². The van der Waals surface area contributed by atoms with Gasteiger partial charge in [0.2, 0.25) is 0 Å². The first-order valence-corrected chi connectivity index (χ1v) is 7.92. The molecular formula is C13H12BrCl2NS. The molecule has 1 nitrogen and oxygen atoms in total. The molecule has 96 valence electrons. The van der Waals surface area contributed by atoms with Gasteiger partial charge < -0.3 is 5.32 Å². The van der Waals surface area contributed by atoms with Gasteiger partial charge in [-0.25, -0.2) is 0 Å². The summed E-state index contributed by atoms with van der Waals surface area (Å²) in [7, 11) is 0. The minimum atomic E-state index is 0.127. The number of thiophene rings is 1. The Hall–Kier alpha value is -0.0600. The SMILES string of the molecule is CCNC(c1cccc(Cl)c1)c1cc(Br)c(Cl)s1. The summed E-state index contributed by atoms with van der Waals surface area (Å²) in [4.78, 5) is 1.18. The van der Waals surface area contributed by atoms with Crippen LogP contribution in [0.3, 0.4) is 0 Å². The van der Waals surface area contributed by atoms with E-state index in [2.05, 4.69) is 40.3 Å². The molecule has 0 aliphatic heterocycles. The van der Waals surface area contributed by atoms with Crippen molar-refractivity contribution in [2.24, 2.45) is 0 Å². The molecule has 5 heteroatoms. The van der Waals surface area contributed by atoms with Crippen molar-refractivity contribution in [2.45, 2.75) is 13.0 Å². The van der Waals surface area contributed by atoms with Crippen molar-refractivity contribution in [3.05, 3.63) is 54.6 Å². The van der Waals surface area contributed by atoms with Crippen LogP contribution in [0.25, 0.3) is 0 Å². The molecule has 1 N–H and O–H groups in total. The average Bonchev–Trinajstić information content (AvgIpc) is 2.66. The van der Waals surface area contributed by atoms with Crippen molar-refractivity contribution in [1.82, 2.24) is 5.32 Å². The van der Waals surface area contributed by atoms with Crippen molar-refractivity contribution in [2.75, 3.05) is 6.54 Å². The van der Waals surface area contributed by atoms with E-state index in [9.17, 15) is 0 Å². The van der Waals surface area contributed by atoms with Gasteiger partial charge in [-0.1, -0.05) is 42.3 Å². The first-order chi connectivity index (χ1) is 8.61. The summed E-state index contributed by atoms with van der Waals surface area (Å²) >= 11 is 17.2. The molecular weight excluding hydrogens is 353 g/mol. The standard InChI is InChI=1S/C13H12BrCl2NS/c1-2-17-12(8-4-3-5-9(15)6-8)11-7-10(14)13(16)18-11/h3-7,12,17H,2H2,1H3. The highest BCUT2D eigenvalue weighted by molar-refractivity contribution is 9.10. The van der Waals surface area contributed by atoms with E-state index in [0.29, 0.717) is 0 Å².